The van der Waals surface area contributed by atoms with E-state index in [-0.39, 0.29) is 12.7 Å². The Kier molecular flexibility index (Phi) is 10.9. The van der Waals surface area contributed by atoms with Crippen LogP contribution in [0.15, 0.2) is 0 Å². The maximum Gasteiger partial charge on any atom is 0.0781 e. The quantitative estimate of drug-likeness (QED) is 0.553. The number of hydrogen-bond donors (Lipinski definition) is 1. The number of aliphatic hydroxyl groups excluding tert-OH is 1. The summed E-state index contributed by atoms with van der Waals surface area (Å²) < 4.78 is 10.7. The Hall–Kier alpha value is -0.120. The van der Waals surface area contributed by atoms with Crippen LogP contribution in [0.5, 0.6) is 0 Å². The van der Waals surface area contributed by atoms with Gasteiger partial charge in [0, 0.05) is 6.61 Å². The summed E-state index contributed by atoms with van der Waals surface area (Å²) in [5.41, 5.74) is 0. The van der Waals surface area contributed by atoms with Crippen LogP contribution >= 0.6 is 0 Å². The van der Waals surface area contributed by atoms with Crippen LogP contribution in [0.2, 0.25) is 0 Å². The molecule has 1 atom stereocenters. The van der Waals surface area contributed by atoms with E-state index in [1.54, 1.807) is 0 Å². The van der Waals surface area contributed by atoms with Crippen molar-refractivity contribution >= 4 is 0 Å². The van der Waals surface area contributed by atoms with E-state index in [1.165, 1.54) is 19.3 Å². The van der Waals surface area contributed by atoms with Crippen LogP contribution in [0.1, 0.15) is 39.5 Å². The van der Waals surface area contributed by atoms with E-state index in [0.29, 0.717) is 13.2 Å². The predicted octanol–water partition coefficient (Wildman–Crippen LogP) is 1.98. The van der Waals surface area contributed by atoms with Gasteiger partial charge in [0.1, 0.15) is 0 Å². The van der Waals surface area contributed by atoms with E-state index >= 15 is 0 Å². The minimum absolute atomic E-state index is 0.0842. The van der Waals surface area contributed by atoms with Gasteiger partial charge in [0.05, 0.1) is 25.9 Å². The molecule has 0 aliphatic carbocycles. The van der Waals surface area contributed by atoms with Gasteiger partial charge in [-0.1, -0.05) is 26.2 Å². The lowest BCUT2D eigenvalue weighted by atomic mass is 10.2. The van der Waals surface area contributed by atoms with Gasteiger partial charge in [-0.15, -0.1) is 0 Å². The Morgan fingerprint density at radius 3 is 2.57 bits per heavy atom. The van der Waals surface area contributed by atoms with Crippen molar-refractivity contribution in [3.8, 4) is 0 Å². The Labute approximate surface area is 87.4 Å². The molecule has 0 saturated heterocycles. The summed E-state index contributed by atoms with van der Waals surface area (Å²) in [6.45, 7) is 6.10. The molecule has 0 spiro atoms. The molecule has 0 heterocycles. The zero-order chi connectivity index (χ0) is 10.6. The molecule has 3 heteroatoms. The Bertz CT molecular complexity index is 107. The summed E-state index contributed by atoms with van der Waals surface area (Å²) >= 11 is 0. The van der Waals surface area contributed by atoms with Gasteiger partial charge in [-0.05, 0) is 13.3 Å². The highest BCUT2D eigenvalue weighted by Gasteiger charge is 2.00. The molecule has 0 rings (SSSR count). The topological polar surface area (TPSA) is 38.7 Å². The summed E-state index contributed by atoms with van der Waals surface area (Å²) in [5, 5.41) is 8.52. The fourth-order valence-electron chi connectivity index (χ4n) is 1.18. The second kappa shape index (κ2) is 11.0. The van der Waals surface area contributed by atoms with Crippen molar-refractivity contribution in [2.45, 2.75) is 45.6 Å². The van der Waals surface area contributed by atoms with Crippen molar-refractivity contribution in [3.63, 3.8) is 0 Å². The minimum atomic E-state index is 0.0842. The van der Waals surface area contributed by atoms with Gasteiger partial charge in [-0.25, -0.2) is 0 Å². The van der Waals surface area contributed by atoms with Gasteiger partial charge in [-0.2, -0.15) is 0 Å². The van der Waals surface area contributed by atoms with E-state index in [9.17, 15) is 0 Å². The molecule has 1 N–H and O–H groups in total. The maximum absolute atomic E-state index is 8.52. The molecule has 0 saturated carbocycles. The first-order valence-corrected chi connectivity index (χ1v) is 5.61. The van der Waals surface area contributed by atoms with E-state index in [4.69, 9.17) is 14.6 Å². The van der Waals surface area contributed by atoms with Crippen LogP contribution in [0.25, 0.3) is 0 Å². The van der Waals surface area contributed by atoms with Crippen LogP contribution in [-0.2, 0) is 9.47 Å². The van der Waals surface area contributed by atoms with E-state index in [0.717, 1.165) is 13.0 Å². The smallest absolute Gasteiger partial charge is 0.0781 e. The monoisotopic (exact) mass is 204 g/mol. The highest BCUT2D eigenvalue weighted by molar-refractivity contribution is 4.47. The largest absolute Gasteiger partial charge is 0.394 e. The first-order valence-electron chi connectivity index (χ1n) is 5.61. The predicted molar refractivity (Wildman–Crippen MR) is 57.5 cm³/mol. The lowest BCUT2D eigenvalue weighted by Gasteiger charge is -2.12. The standard InChI is InChI=1S/C11H24O3/c1-3-4-5-6-8-13-10-11(2)14-9-7-12/h11-12H,3-10H2,1-2H3. The molecule has 0 aliphatic heterocycles. The molecule has 0 bridgehead atoms. The molecular formula is C11H24O3. The Balaban J connectivity index is 3.02. The molecule has 0 amide bonds. The molecule has 0 fully saturated rings. The third kappa shape index (κ3) is 9.96. The lowest BCUT2D eigenvalue weighted by molar-refractivity contribution is -0.0189. The first kappa shape index (κ1) is 13.9. The summed E-state index contributed by atoms with van der Waals surface area (Å²) in [6, 6.07) is 0. The van der Waals surface area contributed by atoms with Crippen molar-refractivity contribution in [2.24, 2.45) is 0 Å². The molecule has 3 nitrogen and oxygen atoms in total. The summed E-state index contributed by atoms with van der Waals surface area (Å²) in [7, 11) is 0. The molecule has 0 radical (unpaired) electrons. The third-order valence-corrected chi connectivity index (χ3v) is 1.99. The second-order valence-corrected chi connectivity index (χ2v) is 3.54. The van der Waals surface area contributed by atoms with Crippen LogP contribution in [0.4, 0.5) is 0 Å². The van der Waals surface area contributed by atoms with E-state index in [1.807, 2.05) is 6.92 Å². The number of aliphatic hydroxyl groups is 1. The molecule has 1 unspecified atom stereocenters. The van der Waals surface area contributed by atoms with Gasteiger partial charge < -0.3 is 14.6 Å². The van der Waals surface area contributed by atoms with Gasteiger partial charge in [0.15, 0.2) is 0 Å². The van der Waals surface area contributed by atoms with Crippen LogP contribution in [0, 0.1) is 0 Å². The van der Waals surface area contributed by atoms with E-state index < -0.39 is 0 Å². The summed E-state index contributed by atoms with van der Waals surface area (Å²) in [4.78, 5) is 0. The SMILES string of the molecule is CCCCCCOCC(C)OCCO. The van der Waals surface area contributed by atoms with Crippen molar-refractivity contribution in [3.05, 3.63) is 0 Å². The molecule has 0 aliphatic rings. The summed E-state index contributed by atoms with van der Waals surface area (Å²) in [6.07, 6.45) is 5.03. The van der Waals surface area contributed by atoms with Crippen molar-refractivity contribution < 1.29 is 14.6 Å². The highest BCUT2D eigenvalue weighted by Crippen LogP contribution is 1.99. The van der Waals surface area contributed by atoms with Crippen molar-refractivity contribution in [1.29, 1.82) is 0 Å². The highest BCUT2D eigenvalue weighted by atomic mass is 16.5. The van der Waals surface area contributed by atoms with E-state index in [2.05, 4.69) is 6.92 Å². The minimum Gasteiger partial charge on any atom is -0.394 e. The molecule has 0 aromatic rings. The zero-order valence-electron chi connectivity index (χ0n) is 9.50. The average Bonchev–Trinajstić information content (AvgIpc) is 2.20. The molecule has 0 aromatic carbocycles. The number of ether oxygens (including phenoxy) is 2. The van der Waals surface area contributed by atoms with Gasteiger partial charge >= 0.3 is 0 Å². The molecular weight excluding hydrogens is 180 g/mol. The normalized spacial score (nSPS) is 13.1. The molecule has 0 aromatic heterocycles. The molecule has 86 valence electrons. The second-order valence-electron chi connectivity index (χ2n) is 3.54. The van der Waals surface area contributed by atoms with Gasteiger partial charge in [-0.3, -0.25) is 0 Å². The Morgan fingerprint density at radius 1 is 1.14 bits per heavy atom. The van der Waals surface area contributed by atoms with Crippen LogP contribution < -0.4 is 0 Å². The Morgan fingerprint density at radius 2 is 1.93 bits per heavy atom. The average molecular weight is 204 g/mol. The lowest BCUT2D eigenvalue weighted by Crippen LogP contribution is -2.18. The fourth-order valence-corrected chi connectivity index (χ4v) is 1.18. The van der Waals surface area contributed by atoms with Gasteiger partial charge in [0.25, 0.3) is 0 Å². The van der Waals surface area contributed by atoms with Gasteiger partial charge in [0.2, 0.25) is 0 Å². The number of unbranched alkanes of at least 4 members (excludes halogenated alkanes) is 3. The number of hydrogen-bond acceptors (Lipinski definition) is 3. The first-order chi connectivity index (χ1) is 6.81. The number of rotatable bonds is 10. The zero-order valence-corrected chi connectivity index (χ0v) is 9.50. The maximum atomic E-state index is 8.52. The van der Waals surface area contributed by atoms with Crippen LogP contribution in [-0.4, -0.2) is 37.6 Å². The van der Waals surface area contributed by atoms with Crippen molar-refractivity contribution in [2.75, 3.05) is 26.4 Å². The summed E-state index contributed by atoms with van der Waals surface area (Å²) in [5.74, 6) is 0. The fraction of sp³-hybridized carbons (Fsp3) is 1.00. The van der Waals surface area contributed by atoms with Crippen LogP contribution in [0.3, 0.4) is 0 Å². The third-order valence-electron chi connectivity index (χ3n) is 1.99. The van der Waals surface area contributed by atoms with Crippen molar-refractivity contribution in [1.82, 2.24) is 0 Å². The molecule has 14 heavy (non-hydrogen) atoms.